The molecule has 0 bridgehead atoms. The Hall–Kier alpha value is -1.95. The molecule has 0 aromatic carbocycles. The van der Waals surface area contributed by atoms with E-state index in [4.69, 9.17) is 30.9 Å². The number of anilines is 1. The summed E-state index contributed by atoms with van der Waals surface area (Å²) in [6, 6.07) is 1.87. The van der Waals surface area contributed by atoms with E-state index in [0.717, 1.165) is 0 Å². The predicted molar refractivity (Wildman–Crippen MR) is 108 cm³/mol. The highest BCUT2D eigenvalue weighted by Crippen LogP contribution is 2.39. The first-order valence-electron chi connectivity index (χ1n) is 9.65. The molecular weight excluding hydrogens is 491 g/mol. The summed E-state index contributed by atoms with van der Waals surface area (Å²) < 4.78 is 50.3. The Morgan fingerprint density at radius 1 is 1.30 bits per heavy atom. The van der Waals surface area contributed by atoms with Crippen LogP contribution in [0.3, 0.4) is 0 Å². The second-order valence-electron chi connectivity index (χ2n) is 7.71. The molecule has 0 radical (unpaired) electrons. The van der Waals surface area contributed by atoms with Crippen LogP contribution in [-0.4, -0.2) is 91.2 Å². The van der Waals surface area contributed by atoms with Crippen molar-refractivity contribution in [3.63, 3.8) is 0 Å². The molecule has 180 valence electrons. The first-order chi connectivity index (χ1) is 15.5. The van der Waals surface area contributed by atoms with Crippen molar-refractivity contribution in [3.8, 4) is 6.07 Å². The molecule has 2 fully saturated rings. The van der Waals surface area contributed by atoms with E-state index in [1.54, 1.807) is 0 Å². The van der Waals surface area contributed by atoms with E-state index in [1.165, 1.54) is 15.8 Å². The van der Waals surface area contributed by atoms with Gasteiger partial charge < -0.3 is 34.4 Å². The molecule has 4 heterocycles. The minimum atomic E-state index is -4.44. The highest BCUT2D eigenvalue weighted by atomic mass is 35.5. The molecule has 0 spiro atoms. The van der Waals surface area contributed by atoms with E-state index in [2.05, 4.69) is 9.97 Å². The molecule has 4 rings (SSSR count). The van der Waals surface area contributed by atoms with Crippen LogP contribution in [0.5, 0.6) is 0 Å². The fraction of sp³-hybridized carbons (Fsp3) is 0.588. The average Bonchev–Trinajstić information content (AvgIpc) is 3.37. The summed E-state index contributed by atoms with van der Waals surface area (Å²) in [4.78, 5) is 27.4. The number of hydrogen-bond acceptors (Lipinski definition) is 9. The van der Waals surface area contributed by atoms with Crippen molar-refractivity contribution in [1.29, 1.82) is 5.26 Å². The van der Waals surface area contributed by atoms with Crippen LogP contribution in [0, 0.1) is 11.3 Å². The van der Waals surface area contributed by atoms with Gasteiger partial charge in [0.25, 0.3) is 0 Å². The number of ether oxygens (including phenoxy) is 2. The zero-order valence-electron chi connectivity index (χ0n) is 16.7. The van der Waals surface area contributed by atoms with Gasteiger partial charge in [-0.2, -0.15) is 5.26 Å². The van der Waals surface area contributed by atoms with Gasteiger partial charge in [0.2, 0.25) is 0 Å². The maximum Gasteiger partial charge on any atom is 0.350 e. The van der Waals surface area contributed by atoms with Gasteiger partial charge >= 0.3 is 7.60 Å². The number of alkyl halides is 2. The topological polar surface area (TPSA) is 174 Å². The van der Waals surface area contributed by atoms with Gasteiger partial charge in [-0.15, -0.1) is 0 Å². The van der Waals surface area contributed by atoms with Crippen LogP contribution in [-0.2, 0) is 14.0 Å². The molecule has 2 aliphatic rings. The van der Waals surface area contributed by atoms with Crippen molar-refractivity contribution in [3.05, 3.63) is 17.0 Å². The zero-order valence-corrected chi connectivity index (χ0v) is 18.4. The van der Waals surface area contributed by atoms with Crippen LogP contribution in [0.1, 0.15) is 11.8 Å². The summed E-state index contributed by atoms with van der Waals surface area (Å²) in [6.45, 7) is -1.06. The third-order valence-electron chi connectivity index (χ3n) is 5.40. The minimum Gasteiger partial charge on any atom is -0.387 e. The number of nitriles is 1. The Kier molecular flexibility index (Phi) is 6.60. The number of fused-ring (bicyclic) bond motifs is 1. The summed E-state index contributed by atoms with van der Waals surface area (Å²) in [6.07, 6.45) is -8.59. The summed E-state index contributed by atoms with van der Waals surface area (Å²) in [5.74, 6) is 0. The first kappa shape index (κ1) is 24.2. The third kappa shape index (κ3) is 4.55. The van der Waals surface area contributed by atoms with E-state index in [0.29, 0.717) is 0 Å². The first-order valence-corrected chi connectivity index (χ1v) is 11.8. The van der Waals surface area contributed by atoms with Crippen molar-refractivity contribution < 1.29 is 42.8 Å². The second kappa shape index (κ2) is 9.01. The number of aliphatic hydroxyl groups is 2. The fourth-order valence-electron chi connectivity index (χ4n) is 3.88. The maximum atomic E-state index is 13.8. The molecule has 0 unspecified atom stereocenters. The van der Waals surface area contributed by atoms with Crippen molar-refractivity contribution in [1.82, 2.24) is 14.5 Å². The fourth-order valence-corrected chi connectivity index (χ4v) is 4.44. The van der Waals surface area contributed by atoms with Crippen molar-refractivity contribution >= 4 is 36.0 Å². The van der Waals surface area contributed by atoms with Crippen LogP contribution in [0.4, 0.5) is 14.5 Å². The van der Waals surface area contributed by atoms with Crippen LogP contribution in [0.2, 0.25) is 5.15 Å². The number of halogens is 3. The van der Waals surface area contributed by atoms with Crippen LogP contribution in [0.15, 0.2) is 6.33 Å². The van der Waals surface area contributed by atoms with Crippen molar-refractivity contribution in [2.75, 3.05) is 30.9 Å². The smallest absolute Gasteiger partial charge is 0.350 e. The standard InChI is InChI=1S/C17H19ClF2N5O7P/c18-15-7(1-21)12(24-2-8(19)9(20)3-24)11-16(23-15)25(5-22-11)17-14(27)13(26)10(32-17)4-31-6-33(28,29)30/h5,8-10,13-14,17,26-27H,2-4,6H2,(H2,28,29,30)/t8-,9-,10-,13-,14-,17-/m1/s1. The SMILES string of the molecule is N#Cc1c(Cl)nc2c(ncn2[C@@H]2O[C@H](COCP(=O)(O)O)[C@@H](O)[C@H]2O)c1N1C[C@@H](F)[C@H](F)C1. The summed E-state index contributed by atoms with van der Waals surface area (Å²) in [5.41, 5.74) is 0.0828. The highest BCUT2D eigenvalue weighted by molar-refractivity contribution is 7.51. The second-order valence-corrected chi connectivity index (χ2v) is 9.66. The van der Waals surface area contributed by atoms with Gasteiger partial charge in [0.05, 0.1) is 31.7 Å². The Balaban J connectivity index is 1.67. The molecule has 2 saturated heterocycles. The molecule has 6 atom stereocenters. The molecule has 4 N–H and O–H groups in total. The molecular formula is C17H19ClF2N5O7P. The summed E-state index contributed by atoms with van der Waals surface area (Å²) in [5, 5.41) is 30.0. The largest absolute Gasteiger partial charge is 0.387 e. The molecule has 2 aromatic rings. The van der Waals surface area contributed by atoms with E-state index in [1.807, 2.05) is 6.07 Å². The number of aromatic nitrogens is 3. The zero-order chi connectivity index (χ0) is 24.1. The quantitative estimate of drug-likeness (QED) is 0.310. The molecule has 12 nitrogen and oxygen atoms in total. The summed E-state index contributed by atoms with van der Waals surface area (Å²) in [7, 11) is -4.44. The lowest BCUT2D eigenvalue weighted by molar-refractivity contribution is -0.0612. The lowest BCUT2D eigenvalue weighted by Crippen LogP contribution is -2.34. The molecule has 0 saturated carbocycles. The van der Waals surface area contributed by atoms with Gasteiger partial charge in [-0.05, 0) is 0 Å². The van der Waals surface area contributed by atoms with E-state index in [9.17, 15) is 28.8 Å². The number of pyridine rings is 1. The molecule has 16 heteroatoms. The normalized spacial score (nSPS) is 30.3. The minimum absolute atomic E-state index is 0.0275. The number of imidazole rings is 1. The third-order valence-corrected chi connectivity index (χ3v) is 6.19. The van der Waals surface area contributed by atoms with Crippen molar-refractivity contribution in [2.24, 2.45) is 0 Å². The van der Waals surface area contributed by atoms with Crippen molar-refractivity contribution in [2.45, 2.75) is 36.9 Å². The summed E-state index contributed by atoms with van der Waals surface area (Å²) >= 11 is 6.16. The van der Waals surface area contributed by atoms with Gasteiger partial charge in [-0.1, -0.05) is 11.6 Å². The Labute approximate surface area is 190 Å². The molecule has 0 aliphatic carbocycles. The van der Waals surface area contributed by atoms with Gasteiger partial charge in [-0.25, -0.2) is 18.7 Å². The predicted octanol–water partition coefficient (Wildman–Crippen LogP) is 0.224. The molecule has 2 aliphatic heterocycles. The number of aliphatic hydroxyl groups excluding tert-OH is 2. The Bertz CT molecular complexity index is 1130. The molecule has 2 aromatic heterocycles. The van der Waals surface area contributed by atoms with E-state index >= 15 is 0 Å². The Morgan fingerprint density at radius 3 is 2.58 bits per heavy atom. The van der Waals surface area contributed by atoms with Crippen LogP contribution >= 0.6 is 19.2 Å². The monoisotopic (exact) mass is 509 g/mol. The van der Waals surface area contributed by atoms with Crippen LogP contribution < -0.4 is 4.90 Å². The lowest BCUT2D eigenvalue weighted by Gasteiger charge is -2.21. The van der Waals surface area contributed by atoms with Gasteiger partial charge in [-0.3, -0.25) is 9.13 Å². The highest BCUT2D eigenvalue weighted by Gasteiger charge is 2.45. The van der Waals surface area contributed by atoms with Gasteiger partial charge in [0.1, 0.15) is 41.8 Å². The average molecular weight is 510 g/mol. The number of rotatable bonds is 6. The molecule has 33 heavy (non-hydrogen) atoms. The van der Waals surface area contributed by atoms with Crippen LogP contribution in [0.25, 0.3) is 11.2 Å². The number of nitrogens with zero attached hydrogens (tertiary/aromatic N) is 5. The molecule has 0 amide bonds. The maximum absolute atomic E-state index is 13.8. The van der Waals surface area contributed by atoms with Gasteiger partial charge in [0, 0.05) is 0 Å². The Morgan fingerprint density at radius 2 is 1.97 bits per heavy atom. The van der Waals surface area contributed by atoms with E-state index < -0.39 is 57.4 Å². The number of hydrogen-bond donors (Lipinski definition) is 4. The lowest BCUT2D eigenvalue weighted by atomic mass is 10.1. The van der Waals surface area contributed by atoms with E-state index in [-0.39, 0.29) is 40.7 Å². The van der Waals surface area contributed by atoms with Gasteiger partial charge in [0.15, 0.2) is 29.4 Å².